The summed E-state index contributed by atoms with van der Waals surface area (Å²) in [4.78, 5) is 27.5. The molecule has 2 saturated heterocycles. The molecule has 1 aromatic carbocycles. The van der Waals surface area contributed by atoms with Crippen molar-refractivity contribution in [2.24, 2.45) is 17.8 Å². The standard InChI is InChI=1S/C25H31BBrNO6/c1-3-8-28-24(31)18-11-16(13-29)22-19(23(18)25(28)32)12-26(33)34-21(22)7-4-14(2)9-15-10-17(27)5-6-20(15)30/h5-6,9-10,18-19,21,23,29-30,33H,3-4,7-8,11-13H2,1-2H3/b14-9+/t18-,19+,21-,23-/m1/s1. The minimum atomic E-state index is -1.03. The Balaban J connectivity index is 1.58. The molecule has 0 aromatic heterocycles. The number of carbonyl (C=O) groups is 2. The topological polar surface area (TPSA) is 107 Å². The molecule has 2 aliphatic heterocycles. The molecule has 4 rings (SSSR count). The summed E-state index contributed by atoms with van der Waals surface area (Å²) < 4.78 is 6.78. The molecule has 4 atom stereocenters. The zero-order valence-corrected chi connectivity index (χ0v) is 21.1. The number of amides is 2. The van der Waals surface area contributed by atoms with Crippen LogP contribution in [0.3, 0.4) is 0 Å². The summed E-state index contributed by atoms with van der Waals surface area (Å²) in [5.41, 5.74) is 3.37. The Kier molecular flexibility index (Phi) is 7.67. The van der Waals surface area contributed by atoms with Crippen LogP contribution in [0.2, 0.25) is 6.32 Å². The number of aliphatic hydroxyl groups is 1. The van der Waals surface area contributed by atoms with Gasteiger partial charge in [-0.1, -0.05) is 34.5 Å². The van der Waals surface area contributed by atoms with Crippen LogP contribution in [0.5, 0.6) is 5.75 Å². The van der Waals surface area contributed by atoms with Crippen LogP contribution in [0.1, 0.15) is 45.1 Å². The van der Waals surface area contributed by atoms with Crippen molar-refractivity contribution >= 4 is 40.9 Å². The lowest BCUT2D eigenvalue weighted by Crippen LogP contribution is -2.46. The average molecular weight is 532 g/mol. The number of phenols is 1. The fraction of sp³-hybridized carbons (Fsp3) is 0.520. The molecule has 34 heavy (non-hydrogen) atoms. The van der Waals surface area contributed by atoms with E-state index in [1.807, 2.05) is 26.0 Å². The molecule has 7 nitrogen and oxygen atoms in total. The molecule has 1 aliphatic carbocycles. The predicted molar refractivity (Wildman–Crippen MR) is 133 cm³/mol. The smallest absolute Gasteiger partial charge is 0.455 e. The van der Waals surface area contributed by atoms with E-state index in [0.717, 1.165) is 21.2 Å². The van der Waals surface area contributed by atoms with Gasteiger partial charge in [-0.25, -0.2) is 0 Å². The molecule has 0 saturated carbocycles. The van der Waals surface area contributed by atoms with Crippen LogP contribution < -0.4 is 0 Å². The first-order valence-corrected chi connectivity index (χ1v) is 12.7. The van der Waals surface area contributed by atoms with Crippen molar-refractivity contribution in [2.75, 3.05) is 13.2 Å². The van der Waals surface area contributed by atoms with Gasteiger partial charge in [0.25, 0.3) is 0 Å². The number of imide groups is 1. The number of halogens is 1. The molecule has 0 spiro atoms. The Morgan fingerprint density at radius 2 is 2.06 bits per heavy atom. The van der Waals surface area contributed by atoms with Crippen molar-refractivity contribution in [3.63, 3.8) is 0 Å². The van der Waals surface area contributed by atoms with Gasteiger partial charge in [-0.2, -0.15) is 0 Å². The molecule has 0 unspecified atom stereocenters. The Morgan fingerprint density at radius 3 is 2.76 bits per heavy atom. The van der Waals surface area contributed by atoms with Gasteiger partial charge >= 0.3 is 7.12 Å². The van der Waals surface area contributed by atoms with Gasteiger partial charge in [-0.05, 0) is 74.2 Å². The maximum atomic E-state index is 13.2. The summed E-state index contributed by atoms with van der Waals surface area (Å²) in [6, 6.07) is 5.25. The zero-order valence-electron chi connectivity index (χ0n) is 19.5. The molecule has 2 heterocycles. The number of nitrogens with zero attached hydrogens (tertiary/aromatic N) is 1. The van der Waals surface area contributed by atoms with E-state index in [9.17, 15) is 24.8 Å². The second kappa shape index (κ2) is 10.4. The number of fused-ring (bicyclic) bond motifs is 3. The second-order valence-corrected chi connectivity index (χ2v) is 10.5. The largest absolute Gasteiger partial charge is 0.507 e. The molecule has 9 heteroatoms. The molecular formula is C25H31BBrNO6. The number of aliphatic hydroxyl groups excluding tert-OH is 1. The molecule has 2 amide bonds. The minimum Gasteiger partial charge on any atom is -0.507 e. The molecule has 3 N–H and O–H groups in total. The van der Waals surface area contributed by atoms with Crippen LogP contribution in [-0.4, -0.2) is 58.3 Å². The van der Waals surface area contributed by atoms with E-state index in [2.05, 4.69) is 15.9 Å². The first-order valence-electron chi connectivity index (χ1n) is 11.9. The summed E-state index contributed by atoms with van der Waals surface area (Å²) in [5, 5.41) is 30.8. The van der Waals surface area contributed by atoms with Crippen molar-refractivity contribution in [2.45, 2.75) is 52.0 Å². The fourth-order valence-electron chi connectivity index (χ4n) is 5.76. The van der Waals surface area contributed by atoms with E-state index < -0.39 is 25.1 Å². The van der Waals surface area contributed by atoms with Gasteiger partial charge < -0.3 is 19.9 Å². The summed E-state index contributed by atoms with van der Waals surface area (Å²) in [7, 11) is -1.03. The number of hydrogen-bond acceptors (Lipinski definition) is 6. The van der Waals surface area contributed by atoms with Gasteiger partial charge in [0, 0.05) is 16.6 Å². The maximum Gasteiger partial charge on any atom is 0.455 e. The van der Waals surface area contributed by atoms with Gasteiger partial charge in [0.2, 0.25) is 11.8 Å². The summed E-state index contributed by atoms with van der Waals surface area (Å²) in [6.07, 6.45) is 3.96. The highest BCUT2D eigenvalue weighted by Crippen LogP contribution is 2.50. The van der Waals surface area contributed by atoms with Crippen molar-refractivity contribution < 1.29 is 29.5 Å². The van der Waals surface area contributed by atoms with Gasteiger partial charge in [0.1, 0.15) is 5.75 Å². The van der Waals surface area contributed by atoms with E-state index in [4.69, 9.17) is 4.65 Å². The predicted octanol–water partition coefficient (Wildman–Crippen LogP) is 3.54. The SMILES string of the molecule is CCCN1C(=O)[C@@H]2[C@@H](CC(CO)=C3[C@@H](CC/C(C)=C/c4cc(Br)ccc4O)OB(O)C[C@@H]32)C1=O. The maximum absolute atomic E-state index is 13.2. The number of phenolic OH excluding ortho intramolecular Hbond substituents is 1. The Labute approximate surface area is 208 Å². The zero-order chi connectivity index (χ0) is 24.6. The van der Waals surface area contributed by atoms with Gasteiger partial charge in [0.05, 0.1) is 24.5 Å². The molecule has 3 aliphatic rings. The van der Waals surface area contributed by atoms with Crippen LogP contribution >= 0.6 is 15.9 Å². The molecule has 1 aromatic rings. The number of aromatic hydroxyl groups is 1. The second-order valence-electron chi connectivity index (χ2n) is 9.54. The normalized spacial score (nSPS) is 27.4. The van der Waals surface area contributed by atoms with Crippen LogP contribution in [0.4, 0.5) is 0 Å². The fourth-order valence-corrected chi connectivity index (χ4v) is 6.14. The van der Waals surface area contributed by atoms with Crippen molar-refractivity contribution in [1.29, 1.82) is 0 Å². The lowest BCUT2D eigenvalue weighted by atomic mass is 9.58. The third kappa shape index (κ3) is 4.76. The Hall–Kier alpha value is -1.94. The number of carbonyl (C=O) groups excluding carboxylic acids is 2. The molecule has 2 fully saturated rings. The van der Waals surface area contributed by atoms with Crippen LogP contribution in [0.15, 0.2) is 39.4 Å². The molecule has 0 radical (unpaired) electrons. The molecular weight excluding hydrogens is 501 g/mol. The van der Waals surface area contributed by atoms with Crippen LogP contribution in [0.25, 0.3) is 6.08 Å². The van der Waals surface area contributed by atoms with Gasteiger partial charge in [0.15, 0.2) is 0 Å². The van der Waals surface area contributed by atoms with E-state index in [1.54, 1.807) is 12.1 Å². The van der Waals surface area contributed by atoms with Crippen LogP contribution in [0, 0.1) is 17.8 Å². The third-order valence-electron chi connectivity index (χ3n) is 7.23. The monoisotopic (exact) mass is 531 g/mol. The van der Waals surface area contributed by atoms with Crippen molar-refractivity contribution in [3.05, 3.63) is 45.0 Å². The van der Waals surface area contributed by atoms with E-state index in [-0.39, 0.29) is 36.4 Å². The van der Waals surface area contributed by atoms with Crippen molar-refractivity contribution in [3.8, 4) is 5.75 Å². The third-order valence-corrected chi connectivity index (χ3v) is 7.72. The number of benzene rings is 1. The van der Waals surface area contributed by atoms with E-state index in [0.29, 0.717) is 37.8 Å². The quantitative estimate of drug-likeness (QED) is 0.282. The van der Waals surface area contributed by atoms with E-state index >= 15 is 0 Å². The first kappa shape index (κ1) is 25.2. The number of hydrogen-bond donors (Lipinski definition) is 3. The first-order chi connectivity index (χ1) is 16.2. The average Bonchev–Trinajstić information content (AvgIpc) is 3.04. The molecule has 0 bridgehead atoms. The number of rotatable bonds is 7. The summed E-state index contributed by atoms with van der Waals surface area (Å²) in [6.45, 7) is 4.11. The highest BCUT2D eigenvalue weighted by molar-refractivity contribution is 9.10. The summed E-state index contributed by atoms with van der Waals surface area (Å²) in [5.74, 6) is -1.41. The number of allylic oxidation sites excluding steroid dienone is 1. The highest BCUT2D eigenvalue weighted by atomic mass is 79.9. The van der Waals surface area contributed by atoms with E-state index in [1.165, 1.54) is 4.90 Å². The highest BCUT2D eigenvalue weighted by Gasteiger charge is 2.56. The lowest BCUT2D eigenvalue weighted by Gasteiger charge is -2.42. The van der Waals surface area contributed by atoms with Crippen molar-refractivity contribution in [1.82, 2.24) is 4.90 Å². The lowest BCUT2D eigenvalue weighted by molar-refractivity contribution is -0.140. The number of likely N-dealkylation sites (tertiary alicyclic amines) is 1. The Morgan fingerprint density at radius 1 is 1.29 bits per heavy atom. The van der Waals surface area contributed by atoms with Gasteiger partial charge in [-0.15, -0.1) is 0 Å². The van der Waals surface area contributed by atoms with Crippen LogP contribution in [-0.2, 0) is 14.2 Å². The minimum absolute atomic E-state index is 0.160. The Bertz CT molecular complexity index is 1040. The summed E-state index contributed by atoms with van der Waals surface area (Å²) >= 11 is 3.42. The van der Waals surface area contributed by atoms with Gasteiger partial charge in [-0.3, -0.25) is 14.5 Å². The molecule has 182 valence electrons.